The van der Waals surface area contributed by atoms with Gasteiger partial charge in [0.15, 0.2) is 0 Å². The molecule has 74 valence electrons. The lowest BCUT2D eigenvalue weighted by Crippen LogP contribution is -1.93. The molecule has 0 aliphatic carbocycles. The average Bonchev–Trinajstić information content (AvgIpc) is 2.25. The van der Waals surface area contributed by atoms with E-state index in [9.17, 15) is 4.79 Å². The van der Waals surface area contributed by atoms with Crippen LogP contribution in [0, 0.1) is 0 Å². The molecule has 0 aliphatic rings. The highest BCUT2D eigenvalue weighted by molar-refractivity contribution is 5.37. The lowest BCUT2D eigenvalue weighted by molar-refractivity contribution is -0.127. The summed E-state index contributed by atoms with van der Waals surface area (Å²) < 4.78 is 4.63. The van der Waals surface area contributed by atoms with Crippen LogP contribution in [0.15, 0.2) is 42.0 Å². The Labute approximate surface area is 84.2 Å². The minimum Gasteiger partial charge on any atom is -0.463 e. The first-order chi connectivity index (χ1) is 6.83. The normalized spacial score (nSPS) is 11.1. The molecule has 0 spiro atoms. The number of rotatable bonds is 5. The number of hydrogen-bond donors (Lipinski definition) is 0. The number of hydrogen-bond acceptors (Lipinski definition) is 2. The first-order valence-electron chi connectivity index (χ1n) is 4.57. The van der Waals surface area contributed by atoms with Crippen molar-refractivity contribution < 1.29 is 9.53 Å². The van der Waals surface area contributed by atoms with E-state index in [4.69, 9.17) is 0 Å². The summed E-state index contributed by atoms with van der Waals surface area (Å²) >= 11 is 0. The second-order valence-electron chi connectivity index (χ2n) is 3.15. The summed E-state index contributed by atoms with van der Waals surface area (Å²) in [7, 11) is 0. The van der Waals surface area contributed by atoms with Crippen LogP contribution in [-0.2, 0) is 16.0 Å². The van der Waals surface area contributed by atoms with Crippen molar-refractivity contribution in [1.29, 1.82) is 0 Å². The predicted octanol–water partition coefficient (Wildman–Crippen LogP) is 2.35. The minimum absolute atomic E-state index is 0.385. The highest BCUT2D eigenvalue weighted by Crippen LogP contribution is 2.02. The summed E-state index contributed by atoms with van der Waals surface area (Å²) in [5, 5.41) is 0. The summed E-state index contributed by atoms with van der Waals surface area (Å²) in [4.78, 5) is 9.93. The van der Waals surface area contributed by atoms with E-state index in [-0.39, 0.29) is 0 Å². The number of carbonyl (C=O) groups is 1. The van der Waals surface area contributed by atoms with Crippen LogP contribution in [0.25, 0.3) is 0 Å². The van der Waals surface area contributed by atoms with E-state index in [2.05, 4.69) is 22.9 Å². The zero-order chi connectivity index (χ0) is 10.2. The Morgan fingerprint density at radius 2 is 2.07 bits per heavy atom. The monoisotopic (exact) mass is 190 g/mol. The molecule has 0 unspecified atom stereocenters. The van der Waals surface area contributed by atoms with Gasteiger partial charge in [0.25, 0.3) is 6.47 Å². The average molecular weight is 190 g/mol. The van der Waals surface area contributed by atoms with Gasteiger partial charge in [-0.05, 0) is 24.5 Å². The molecule has 0 saturated heterocycles. The SMILES string of the molecule is CC(=CCc1ccccc1)COC=O. The third-order valence-corrected chi connectivity index (χ3v) is 1.91. The van der Waals surface area contributed by atoms with Crippen LogP contribution in [0.3, 0.4) is 0 Å². The molecule has 14 heavy (non-hydrogen) atoms. The summed E-state index contributed by atoms with van der Waals surface area (Å²) in [6.07, 6.45) is 2.95. The second-order valence-corrected chi connectivity index (χ2v) is 3.15. The number of carbonyl (C=O) groups excluding carboxylic acids is 1. The van der Waals surface area contributed by atoms with Gasteiger partial charge >= 0.3 is 0 Å². The summed E-state index contributed by atoms with van der Waals surface area (Å²) in [6, 6.07) is 10.2. The van der Waals surface area contributed by atoms with E-state index in [1.54, 1.807) is 0 Å². The van der Waals surface area contributed by atoms with Crippen LogP contribution in [-0.4, -0.2) is 13.1 Å². The Morgan fingerprint density at radius 3 is 2.71 bits per heavy atom. The Kier molecular flexibility index (Phi) is 4.48. The molecule has 1 rings (SSSR count). The Bertz CT molecular complexity index is 301. The van der Waals surface area contributed by atoms with Gasteiger partial charge in [-0.3, -0.25) is 4.79 Å². The predicted molar refractivity (Wildman–Crippen MR) is 55.9 cm³/mol. The van der Waals surface area contributed by atoms with E-state index in [0.717, 1.165) is 12.0 Å². The number of allylic oxidation sites excluding steroid dienone is 1. The van der Waals surface area contributed by atoms with Gasteiger partial charge in [-0.25, -0.2) is 0 Å². The van der Waals surface area contributed by atoms with Crippen LogP contribution in [0.4, 0.5) is 0 Å². The van der Waals surface area contributed by atoms with E-state index in [1.807, 2.05) is 25.1 Å². The van der Waals surface area contributed by atoms with Gasteiger partial charge in [-0.1, -0.05) is 36.4 Å². The molecular weight excluding hydrogens is 176 g/mol. The van der Waals surface area contributed by atoms with E-state index in [1.165, 1.54) is 5.56 Å². The largest absolute Gasteiger partial charge is 0.463 e. The van der Waals surface area contributed by atoms with Gasteiger partial charge in [0.2, 0.25) is 0 Å². The van der Waals surface area contributed by atoms with Crippen molar-refractivity contribution in [2.24, 2.45) is 0 Å². The maximum atomic E-state index is 9.93. The van der Waals surface area contributed by atoms with Crippen molar-refractivity contribution in [1.82, 2.24) is 0 Å². The van der Waals surface area contributed by atoms with Gasteiger partial charge in [-0.15, -0.1) is 0 Å². The Morgan fingerprint density at radius 1 is 1.36 bits per heavy atom. The summed E-state index contributed by atoms with van der Waals surface area (Å²) in [6.45, 7) is 2.81. The standard InChI is InChI=1S/C12H14O2/c1-11(9-14-10-13)7-8-12-5-3-2-4-6-12/h2-7,10H,8-9H2,1H3. The lowest BCUT2D eigenvalue weighted by Gasteiger charge is -1.99. The molecule has 0 aliphatic heterocycles. The quantitative estimate of drug-likeness (QED) is 0.526. The summed E-state index contributed by atoms with van der Waals surface area (Å²) in [5.74, 6) is 0. The third-order valence-electron chi connectivity index (χ3n) is 1.91. The van der Waals surface area contributed by atoms with Gasteiger partial charge < -0.3 is 4.74 Å². The van der Waals surface area contributed by atoms with Crippen molar-refractivity contribution in [2.45, 2.75) is 13.3 Å². The van der Waals surface area contributed by atoms with Gasteiger partial charge in [0, 0.05) is 0 Å². The highest BCUT2D eigenvalue weighted by atomic mass is 16.5. The topological polar surface area (TPSA) is 26.3 Å². The fourth-order valence-electron chi connectivity index (χ4n) is 1.13. The van der Waals surface area contributed by atoms with Gasteiger partial charge in [0.1, 0.15) is 6.61 Å². The maximum absolute atomic E-state index is 9.93. The van der Waals surface area contributed by atoms with Crippen molar-refractivity contribution in [3.63, 3.8) is 0 Å². The Balaban J connectivity index is 2.42. The van der Waals surface area contributed by atoms with E-state index >= 15 is 0 Å². The molecule has 1 aromatic rings. The molecule has 0 saturated carbocycles. The molecule has 2 heteroatoms. The molecule has 0 N–H and O–H groups in total. The lowest BCUT2D eigenvalue weighted by atomic mass is 10.1. The molecule has 0 aromatic heterocycles. The minimum atomic E-state index is 0.385. The fourth-order valence-corrected chi connectivity index (χ4v) is 1.13. The van der Waals surface area contributed by atoms with Crippen LogP contribution >= 0.6 is 0 Å². The van der Waals surface area contributed by atoms with Crippen LogP contribution in [0.1, 0.15) is 12.5 Å². The van der Waals surface area contributed by atoms with Crippen LogP contribution in [0.2, 0.25) is 0 Å². The molecule has 0 fully saturated rings. The first kappa shape index (κ1) is 10.5. The molecular formula is C12H14O2. The summed E-state index contributed by atoms with van der Waals surface area (Å²) in [5.41, 5.74) is 2.33. The molecule has 2 nitrogen and oxygen atoms in total. The maximum Gasteiger partial charge on any atom is 0.293 e. The van der Waals surface area contributed by atoms with Crippen molar-refractivity contribution >= 4 is 6.47 Å². The van der Waals surface area contributed by atoms with Crippen LogP contribution < -0.4 is 0 Å². The van der Waals surface area contributed by atoms with Crippen molar-refractivity contribution in [3.05, 3.63) is 47.5 Å². The van der Waals surface area contributed by atoms with Crippen LogP contribution in [0.5, 0.6) is 0 Å². The molecule has 0 amide bonds. The zero-order valence-corrected chi connectivity index (χ0v) is 8.27. The van der Waals surface area contributed by atoms with Crippen molar-refractivity contribution in [2.75, 3.05) is 6.61 Å². The molecule has 0 atom stereocenters. The number of benzene rings is 1. The third kappa shape index (κ3) is 3.90. The van der Waals surface area contributed by atoms with E-state index < -0.39 is 0 Å². The fraction of sp³-hybridized carbons (Fsp3) is 0.250. The molecule has 0 heterocycles. The molecule has 0 radical (unpaired) electrons. The zero-order valence-electron chi connectivity index (χ0n) is 8.27. The second kappa shape index (κ2) is 5.97. The first-order valence-corrected chi connectivity index (χ1v) is 4.57. The molecule has 1 aromatic carbocycles. The number of ether oxygens (including phenoxy) is 1. The highest BCUT2D eigenvalue weighted by Gasteiger charge is 1.90. The Hall–Kier alpha value is -1.57. The van der Waals surface area contributed by atoms with Crippen molar-refractivity contribution in [3.8, 4) is 0 Å². The van der Waals surface area contributed by atoms with Gasteiger partial charge in [-0.2, -0.15) is 0 Å². The van der Waals surface area contributed by atoms with E-state index in [0.29, 0.717) is 13.1 Å². The van der Waals surface area contributed by atoms with Gasteiger partial charge in [0.05, 0.1) is 0 Å². The molecule has 0 bridgehead atoms. The smallest absolute Gasteiger partial charge is 0.293 e.